The highest BCUT2D eigenvalue weighted by Gasteiger charge is 2.15. The maximum Gasteiger partial charge on any atom is 0.173 e. The van der Waals surface area contributed by atoms with E-state index in [9.17, 15) is 0 Å². The number of thiazole rings is 1. The molecule has 2 rings (SSSR count). The third kappa shape index (κ3) is 3.05. The minimum absolute atomic E-state index is 0.0702. The zero-order valence-corrected chi connectivity index (χ0v) is 12.5. The summed E-state index contributed by atoms with van der Waals surface area (Å²) < 4.78 is 0.925. The highest BCUT2D eigenvalue weighted by molar-refractivity contribution is 8.01. The Morgan fingerprint density at radius 1 is 1.32 bits per heavy atom. The second kappa shape index (κ2) is 5.58. The molecule has 0 spiro atoms. The highest BCUT2D eigenvalue weighted by atomic mass is 32.2. The molecule has 0 amide bonds. The molecule has 0 saturated carbocycles. The normalized spacial score (nSPS) is 11.8. The smallest absolute Gasteiger partial charge is 0.173 e. The van der Waals surface area contributed by atoms with Gasteiger partial charge in [0, 0.05) is 27.4 Å². The monoisotopic (exact) mass is 294 g/mol. The fourth-order valence-corrected chi connectivity index (χ4v) is 3.80. The lowest BCUT2D eigenvalue weighted by atomic mass is 10.1. The van der Waals surface area contributed by atoms with E-state index in [2.05, 4.69) is 15.1 Å². The molecule has 0 atom stereocenters. The van der Waals surface area contributed by atoms with Gasteiger partial charge in [0.05, 0.1) is 5.56 Å². The Hall–Kier alpha value is -1.60. The van der Waals surface area contributed by atoms with E-state index in [1.165, 1.54) is 11.8 Å². The standard InChI is InChI=1S/C12H14N4OS2/c1-6-4-9(19-12-15-7(2)5-18-12)10(8(3)14-6)11(13)16-17/h4-5,17H,1-3H3,(H2,13,16). The Morgan fingerprint density at radius 3 is 2.63 bits per heavy atom. The van der Waals surface area contributed by atoms with Gasteiger partial charge in [-0.2, -0.15) is 0 Å². The number of hydrogen-bond acceptors (Lipinski definition) is 6. The lowest BCUT2D eigenvalue weighted by Crippen LogP contribution is -2.17. The molecule has 0 aromatic carbocycles. The van der Waals surface area contributed by atoms with Gasteiger partial charge in [-0.25, -0.2) is 4.98 Å². The summed E-state index contributed by atoms with van der Waals surface area (Å²) >= 11 is 3.07. The van der Waals surface area contributed by atoms with Crippen molar-refractivity contribution < 1.29 is 5.21 Å². The van der Waals surface area contributed by atoms with Gasteiger partial charge in [-0.1, -0.05) is 16.9 Å². The number of hydrogen-bond donors (Lipinski definition) is 2. The Kier molecular flexibility index (Phi) is 4.06. The topological polar surface area (TPSA) is 84.4 Å². The predicted octanol–water partition coefficient (Wildman–Crippen LogP) is 2.71. The van der Waals surface area contributed by atoms with Gasteiger partial charge in [0.15, 0.2) is 10.2 Å². The summed E-state index contributed by atoms with van der Waals surface area (Å²) in [6, 6.07) is 1.92. The van der Waals surface area contributed by atoms with E-state index < -0.39 is 0 Å². The van der Waals surface area contributed by atoms with Crippen molar-refractivity contribution in [3.8, 4) is 0 Å². The van der Waals surface area contributed by atoms with Gasteiger partial charge in [0.2, 0.25) is 0 Å². The molecule has 5 nitrogen and oxygen atoms in total. The molecule has 19 heavy (non-hydrogen) atoms. The van der Waals surface area contributed by atoms with Crippen LogP contribution in [0.5, 0.6) is 0 Å². The first-order valence-electron chi connectivity index (χ1n) is 5.57. The number of nitrogens with two attached hydrogens (primary N) is 1. The van der Waals surface area contributed by atoms with Crippen LogP contribution in [-0.4, -0.2) is 21.0 Å². The Morgan fingerprint density at radius 2 is 2.05 bits per heavy atom. The third-order valence-corrected chi connectivity index (χ3v) is 4.55. The van der Waals surface area contributed by atoms with Gasteiger partial charge < -0.3 is 10.9 Å². The summed E-state index contributed by atoms with van der Waals surface area (Å²) in [6.07, 6.45) is 0. The number of oxime groups is 1. The van der Waals surface area contributed by atoms with Gasteiger partial charge >= 0.3 is 0 Å². The van der Waals surface area contributed by atoms with Crippen molar-refractivity contribution in [1.29, 1.82) is 0 Å². The van der Waals surface area contributed by atoms with Crippen LogP contribution in [-0.2, 0) is 0 Å². The van der Waals surface area contributed by atoms with Gasteiger partial charge in [-0.3, -0.25) is 4.98 Å². The van der Waals surface area contributed by atoms with Gasteiger partial charge in [-0.15, -0.1) is 11.3 Å². The van der Waals surface area contributed by atoms with Gasteiger partial charge in [-0.05, 0) is 26.8 Å². The van der Waals surface area contributed by atoms with Crippen LogP contribution in [0.15, 0.2) is 25.8 Å². The van der Waals surface area contributed by atoms with Gasteiger partial charge in [0.1, 0.15) is 0 Å². The SMILES string of the molecule is Cc1csc(Sc2cc(C)nc(C)c2/C(N)=N/O)n1. The quantitative estimate of drug-likeness (QED) is 0.393. The molecule has 0 saturated heterocycles. The molecule has 0 aliphatic heterocycles. The Bertz CT molecular complexity index is 637. The molecule has 0 aliphatic rings. The van der Waals surface area contributed by atoms with E-state index >= 15 is 0 Å². The maximum absolute atomic E-state index is 8.89. The molecular weight excluding hydrogens is 280 g/mol. The fraction of sp³-hybridized carbons (Fsp3) is 0.250. The maximum atomic E-state index is 8.89. The largest absolute Gasteiger partial charge is 0.409 e. The van der Waals surface area contributed by atoms with E-state index in [4.69, 9.17) is 10.9 Å². The van der Waals surface area contributed by atoms with Crippen LogP contribution >= 0.6 is 23.1 Å². The van der Waals surface area contributed by atoms with Crippen LogP contribution in [0.25, 0.3) is 0 Å². The molecule has 0 radical (unpaired) electrons. The molecule has 2 aromatic rings. The average molecular weight is 294 g/mol. The first kappa shape index (κ1) is 13.8. The zero-order chi connectivity index (χ0) is 14.0. The molecule has 2 heterocycles. The van der Waals surface area contributed by atoms with Crippen molar-refractivity contribution in [2.45, 2.75) is 30.0 Å². The summed E-state index contributed by atoms with van der Waals surface area (Å²) in [5.74, 6) is 0.0702. The van der Waals surface area contributed by atoms with Crippen LogP contribution in [0, 0.1) is 20.8 Å². The lowest BCUT2D eigenvalue weighted by Gasteiger charge is -2.10. The number of rotatable bonds is 3. The number of amidine groups is 1. The van der Waals surface area contributed by atoms with Crippen molar-refractivity contribution in [3.63, 3.8) is 0 Å². The van der Waals surface area contributed by atoms with Crippen molar-refractivity contribution in [1.82, 2.24) is 9.97 Å². The van der Waals surface area contributed by atoms with Gasteiger partial charge in [0.25, 0.3) is 0 Å². The van der Waals surface area contributed by atoms with E-state index in [0.29, 0.717) is 5.56 Å². The summed E-state index contributed by atoms with van der Waals surface area (Å²) in [5.41, 5.74) is 9.01. The minimum Gasteiger partial charge on any atom is -0.409 e. The van der Waals surface area contributed by atoms with Crippen LogP contribution in [0.2, 0.25) is 0 Å². The summed E-state index contributed by atoms with van der Waals surface area (Å²) in [5, 5.41) is 14.0. The van der Waals surface area contributed by atoms with E-state index in [1.807, 2.05) is 32.2 Å². The van der Waals surface area contributed by atoms with Crippen molar-refractivity contribution >= 4 is 28.9 Å². The molecule has 0 bridgehead atoms. The molecular formula is C12H14N4OS2. The van der Waals surface area contributed by atoms with Crippen molar-refractivity contribution in [2.24, 2.45) is 10.9 Å². The number of nitrogens with zero attached hydrogens (tertiary/aromatic N) is 3. The van der Waals surface area contributed by atoms with Crippen LogP contribution < -0.4 is 5.73 Å². The van der Waals surface area contributed by atoms with Crippen molar-refractivity contribution in [3.05, 3.63) is 34.1 Å². The lowest BCUT2D eigenvalue weighted by molar-refractivity contribution is 0.318. The van der Waals surface area contributed by atoms with E-state index in [1.54, 1.807) is 11.3 Å². The zero-order valence-electron chi connectivity index (χ0n) is 10.8. The van der Waals surface area contributed by atoms with Crippen LogP contribution in [0.4, 0.5) is 0 Å². The number of aryl methyl sites for hydroxylation is 3. The first-order valence-corrected chi connectivity index (χ1v) is 7.27. The molecule has 3 N–H and O–H groups in total. The Labute approximate surface area is 119 Å². The van der Waals surface area contributed by atoms with Crippen LogP contribution in [0.1, 0.15) is 22.6 Å². The number of aromatic nitrogens is 2. The van der Waals surface area contributed by atoms with E-state index in [0.717, 1.165) is 26.3 Å². The average Bonchev–Trinajstić information content (AvgIpc) is 2.73. The summed E-state index contributed by atoms with van der Waals surface area (Å²) in [4.78, 5) is 9.66. The molecule has 0 aliphatic carbocycles. The second-order valence-corrected chi connectivity index (χ2v) is 6.21. The molecule has 0 unspecified atom stereocenters. The van der Waals surface area contributed by atoms with Crippen molar-refractivity contribution in [2.75, 3.05) is 0 Å². The van der Waals surface area contributed by atoms with E-state index in [-0.39, 0.29) is 5.84 Å². The first-order chi connectivity index (χ1) is 9.01. The highest BCUT2D eigenvalue weighted by Crippen LogP contribution is 2.33. The third-order valence-electron chi connectivity index (χ3n) is 2.45. The number of pyridine rings is 1. The predicted molar refractivity (Wildman–Crippen MR) is 77.2 cm³/mol. The molecule has 100 valence electrons. The fourth-order valence-electron chi connectivity index (χ4n) is 1.71. The minimum atomic E-state index is 0.0702. The molecule has 0 fully saturated rings. The summed E-state index contributed by atoms with van der Waals surface area (Å²) in [6.45, 7) is 5.71. The Balaban J connectivity index is 2.48. The second-order valence-electron chi connectivity index (χ2n) is 4.06. The summed E-state index contributed by atoms with van der Waals surface area (Å²) in [7, 11) is 0. The molecule has 2 aromatic heterocycles. The van der Waals surface area contributed by atoms with Crippen LogP contribution in [0.3, 0.4) is 0 Å². The molecule has 7 heteroatoms.